The number of aryl methyl sites for hydroxylation is 1. The second-order valence-electron chi connectivity index (χ2n) is 6.35. The normalized spacial score (nSPS) is 15.7. The Morgan fingerprint density at radius 3 is 2.96 bits per heavy atom. The van der Waals surface area contributed by atoms with Crippen LogP contribution in [0.3, 0.4) is 0 Å². The molecule has 0 bridgehead atoms. The highest BCUT2D eigenvalue weighted by atomic mass is 16.3. The number of anilines is 1. The molecule has 1 aliphatic heterocycles. The fourth-order valence-corrected chi connectivity index (χ4v) is 3.23. The van der Waals surface area contributed by atoms with Gasteiger partial charge in [0.15, 0.2) is 0 Å². The summed E-state index contributed by atoms with van der Waals surface area (Å²) in [7, 11) is 0. The first kappa shape index (κ1) is 15.7. The monoisotopic (exact) mass is 313 g/mol. The van der Waals surface area contributed by atoms with Gasteiger partial charge in [-0.05, 0) is 55.5 Å². The zero-order valence-electron chi connectivity index (χ0n) is 13.5. The standard InChI is InChI=1S/C18H23N3O2/c1-12(6-8-19)7-9-21-17(23)5-2-13-11-20-16-4-3-14(22)10-15(16)18(13)21/h3-4,10-12,22H,2,5-9,19H2,1H3. The summed E-state index contributed by atoms with van der Waals surface area (Å²) in [4.78, 5) is 18.8. The van der Waals surface area contributed by atoms with Crippen LogP contribution < -0.4 is 10.6 Å². The number of carbonyl (C=O) groups is 1. The number of aromatic nitrogens is 1. The summed E-state index contributed by atoms with van der Waals surface area (Å²) < 4.78 is 0. The lowest BCUT2D eigenvalue weighted by Crippen LogP contribution is -2.36. The molecule has 1 amide bonds. The number of phenolic OH excluding ortho intramolecular Hbond substituents is 1. The molecule has 1 aromatic heterocycles. The number of hydrogen-bond donors (Lipinski definition) is 2. The topological polar surface area (TPSA) is 79.5 Å². The maximum absolute atomic E-state index is 12.5. The molecular formula is C18H23N3O2. The predicted molar refractivity (Wildman–Crippen MR) is 91.5 cm³/mol. The van der Waals surface area contributed by atoms with Crippen LogP contribution in [0.1, 0.15) is 31.7 Å². The van der Waals surface area contributed by atoms with Gasteiger partial charge in [-0.25, -0.2) is 0 Å². The molecule has 23 heavy (non-hydrogen) atoms. The Bertz CT molecular complexity index is 730. The number of carbonyl (C=O) groups excluding carboxylic acids is 1. The van der Waals surface area contributed by atoms with E-state index < -0.39 is 0 Å². The van der Waals surface area contributed by atoms with Gasteiger partial charge in [-0.3, -0.25) is 9.78 Å². The van der Waals surface area contributed by atoms with E-state index in [4.69, 9.17) is 5.73 Å². The van der Waals surface area contributed by atoms with Crippen LogP contribution in [0.15, 0.2) is 24.4 Å². The van der Waals surface area contributed by atoms with E-state index >= 15 is 0 Å². The molecule has 1 unspecified atom stereocenters. The summed E-state index contributed by atoms with van der Waals surface area (Å²) in [6, 6.07) is 5.12. The van der Waals surface area contributed by atoms with Gasteiger partial charge in [-0.2, -0.15) is 0 Å². The molecular weight excluding hydrogens is 290 g/mol. The van der Waals surface area contributed by atoms with Gasteiger partial charge < -0.3 is 15.7 Å². The third-order valence-corrected chi connectivity index (χ3v) is 4.58. The van der Waals surface area contributed by atoms with Crippen molar-refractivity contribution in [2.45, 2.75) is 32.6 Å². The Kier molecular flexibility index (Phi) is 4.48. The Labute approximate surface area is 136 Å². The van der Waals surface area contributed by atoms with Gasteiger partial charge in [0, 0.05) is 24.5 Å². The highest BCUT2D eigenvalue weighted by Crippen LogP contribution is 2.36. The van der Waals surface area contributed by atoms with Crippen molar-refractivity contribution in [2.75, 3.05) is 18.0 Å². The van der Waals surface area contributed by atoms with Crippen molar-refractivity contribution in [1.82, 2.24) is 4.98 Å². The van der Waals surface area contributed by atoms with Gasteiger partial charge in [0.25, 0.3) is 0 Å². The van der Waals surface area contributed by atoms with Crippen LogP contribution in [0.25, 0.3) is 10.9 Å². The van der Waals surface area contributed by atoms with Crippen LogP contribution >= 0.6 is 0 Å². The van der Waals surface area contributed by atoms with Crippen molar-refractivity contribution in [2.24, 2.45) is 11.7 Å². The van der Waals surface area contributed by atoms with E-state index in [9.17, 15) is 9.90 Å². The van der Waals surface area contributed by atoms with E-state index in [0.29, 0.717) is 31.8 Å². The van der Waals surface area contributed by atoms with Gasteiger partial charge in [0.05, 0.1) is 11.2 Å². The summed E-state index contributed by atoms with van der Waals surface area (Å²) in [5.41, 5.74) is 8.42. The van der Waals surface area contributed by atoms with Crippen molar-refractivity contribution in [1.29, 1.82) is 0 Å². The molecule has 0 fully saturated rings. The molecule has 1 atom stereocenters. The maximum atomic E-state index is 12.5. The number of aromatic hydroxyl groups is 1. The highest BCUT2D eigenvalue weighted by molar-refractivity contribution is 6.06. The summed E-state index contributed by atoms with van der Waals surface area (Å²) in [6.45, 7) is 3.52. The Morgan fingerprint density at radius 2 is 2.17 bits per heavy atom. The smallest absolute Gasteiger partial charge is 0.227 e. The van der Waals surface area contributed by atoms with E-state index in [1.165, 1.54) is 0 Å². The predicted octanol–water partition coefficient (Wildman–Crippen LogP) is 2.59. The van der Waals surface area contributed by atoms with E-state index in [2.05, 4.69) is 11.9 Å². The summed E-state index contributed by atoms with van der Waals surface area (Å²) in [6.07, 6.45) is 4.97. The number of hydrogen-bond acceptors (Lipinski definition) is 4. The van der Waals surface area contributed by atoms with Crippen molar-refractivity contribution < 1.29 is 9.90 Å². The van der Waals surface area contributed by atoms with Gasteiger partial charge in [0.2, 0.25) is 5.91 Å². The number of nitrogens with zero attached hydrogens (tertiary/aromatic N) is 2. The number of phenols is 1. The number of amides is 1. The zero-order valence-corrected chi connectivity index (χ0v) is 13.5. The Morgan fingerprint density at radius 1 is 1.35 bits per heavy atom. The Hall–Kier alpha value is -2.14. The molecule has 1 aliphatic rings. The average molecular weight is 313 g/mol. The fourth-order valence-electron chi connectivity index (χ4n) is 3.23. The van der Waals surface area contributed by atoms with Crippen LogP contribution in [-0.2, 0) is 11.2 Å². The Balaban J connectivity index is 1.99. The largest absolute Gasteiger partial charge is 0.508 e. The number of fused-ring (bicyclic) bond motifs is 3. The first-order valence-corrected chi connectivity index (χ1v) is 8.21. The van der Waals surface area contributed by atoms with Gasteiger partial charge in [0.1, 0.15) is 5.75 Å². The molecule has 5 heteroatoms. The van der Waals surface area contributed by atoms with Gasteiger partial charge in [-0.1, -0.05) is 6.92 Å². The van der Waals surface area contributed by atoms with E-state index in [0.717, 1.165) is 35.0 Å². The van der Waals surface area contributed by atoms with Crippen LogP contribution in [0, 0.1) is 5.92 Å². The van der Waals surface area contributed by atoms with Crippen LogP contribution in [-0.4, -0.2) is 29.1 Å². The lowest BCUT2D eigenvalue weighted by atomic mass is 9.97. The molecule has 2 heterocycles. The lowest BCUT2D eigenvalue weighted by molar-refractivity contribution is -0.118. The van der Waals surface area contributed by atoms with E-state index in [1.807, 2.05) is 11.1 Å². The average Bonchev–Trinajstić information content (AvgIpc) is 2.54. The summed E-state index contributed by atoms with van der Waals surface area (Å²) in [5.74, 6) is 0.829. The lowest BCUT2D eigenvalue weighted by Gasteiger charge is -2.31. The molecule has 0 spiro atoms. The number of pyridine rings is 1. The van der Waals surface area contributed by atoms with Crippen molar-refractivity contribution in [3.8, 4) is 5.75 Å². The second-order valence-corrected chi connectivity index (χ2v) is 6.35. The van der Waals surface area contributed by atoms with Crippen LogP contribution in [0.5, 0.6) is 5.75 Å². The highest BCUT2D eigenvalue weighted by Gasteiger charge is 2.26. The quantitative estimate of drug-likeness (QED) is 0.889. The molecule has 3 N–H and O–H groups in total. The molecule has 0 saturated heterocycles. The third kappa shape index (κ3) is 3.15. The third-order valence-electron chi connectivity index (χ3n) is 4.58. The molecule has 122 valence electrons. The first-order chi connectivity index (χ1) is 11.1. The van der Waals surface area contributed by atoms with Crippen molar-refractivity contribution >= 4 is 22.5 Å². The molecule has 1 aromatic carbocycles. The summed E-state index contributed by atoms with van der Waals surface area (Å²) in [5, 5.41) is 10.7. The first-order valence-electron chi connectivity index (χ1n) is 8.21. The minimum absolute atomic E-state index is 0.147. The fraction of sp³-hybridized carbons (Fsp3) is 0.444. The molecule has 0 saturated carbocycles. The summed E-state index contributed by atoms with van der Waals surface area (Å²) >= 11 is 0. The van der Waals surface area contributed by atoms with Crippen molar-refractivity contribution in [3.63, 3.8) is 0 Å². The van der Waals surface area contributed by atoms with Gasteiger partial charge >= 0.3 is 0 Å². The zero-order chi connectivity index (χ0) is 16.4. The van der Waals surface area contributed by atoms with Crippen molar-refractivity contribution in [3.05, 3.63) is 30.0 Å². The molecule has 2 aromatic rings. The van der Waals surface area contributed by atoms with Gasteiger partial charge in [-0.15, -0.1) is 0 Å². The maximum Gasteiger partial charge on any atom is 0.227 e. The molecule has 5 nitrogen and oxygen atoms in total. The molecule has 3 rings (SSSR count). The molecule has 0 radical (unpaired) electrons. The van der Waals surface area contributed by atoms with Crippen LogP contribution in [0.2, 0.25) is 0 Å². The minimum Gasteiger partial charge on any atom is -0.508 e. The molecule has 0 aliphatic carbocycles. The SMILES string of the molecule is CC(CCN)CCN1C(=O)CCc2cnc3ccc(O)cc3c21. The number of benzene rings is 1. The number of rotatable bonds is 5. The number of nitrogens with two attached hydrogens (primary N) is 1. The second kappa shape index (κ2) is 6.54. The van der Waals surface area contributed by atoms with E-state index in [1.54, 1.807) is 18.2 Å². The van der Waals surface area contributed by atoms with E-state index in [-0.39, 0.29) is 11.7 Å². The minimum atomic E-state index is 0.147. The van der Waals surface area contributed by atoms with Crippen LogP contribution in [0.4, 0.5) is 5.69 Å².